The van der Waals surface area contributed by atoms with Gasteiger partial charge in [-0.3, -0.25) is 10.1 Å². The van der Waals surface area contributed by atoms with Gasteiger partial charge in [-0.05, 0) is 43.9 Å². The van der Waals surface area contributed by atoms with E-state index < -0.39 is 27.3 Å². The summed E-state index contributed by atoms with van der Waals surface area (Å²) in [7, 11) is -3.40. The van der Waals surface area contributed by atoms with E-state index in [2.05, 4.69) is 5.32 Å². The fourth-order valence-electron chi connectivity index (χ4n) is 3.03. The van der Waals surface area contributed by atoms with Gasteiger partial charge in [0.25, 0.3) is 0 Å². The average Bonchev–Trinajstić information content (AvgIpc) is 2.67. The Hall–Kier alpha value is -2.24. The number of amides is 3. The van der Waals surface area contributed by atoms with Crippen molar-refractivity contribution in [3.05, 3.63) is 29.6 Å². The number of carbonyl (C=O) groups is 2. The molecule has 1 aromatic rings. The zero-order chi connectivity index (χ0) is 23.9. The lowest BCUT2D eigenvalue weighted by Gasteiger charge is -2.26. The Morgan fingerprint density at radius 1 is 1.31 bits per heavy atom. The van der Waals surface area contributed by atoms with E-state index in [9.17, 15) is 27.5 Å². The highest BCUT2D eigenvalue weighted by atomic mass is 32.2. The summed E-state index contributed by atoms with van der Waals surface area (Å²) in [6.45, 7) is 5.10. The summed E-state index contributed by atoms with van der Waals surface area (Å²) in [6.07, 6.45) is 0.460. The number of sulfone groups is 1. The molecule has 32 heavy (non-hydrogen) atoms. The standard InChI is InChI=1S/C21H31FN2O7S/c1-15(16-5-6-17(22)18(11-16)31-13-21(2,3)27)12-32(28,29)10-4-9-30-14-24-8-7-19(25)23-20(24)26/h5-6,11,15,27H,4,7-10,12-14H2,1-3H3,(H,23,25,26)/t15-/m0/s1. The predicted octanol–water partition coefficient (Wildman–Crippen LogP) is 1.80. The number of hydrogen-bond donors (Lipinski definition) is 2. The number of hydrogen-bond acceptors (Lipinski definition) is 7. The average molecular weight is 475 g/mol. The lowest BCUT2D eigenvalue weighted by atomic mass is 10.0. The number of nitrogens with one attached hydrogen (secondary N) is 1. The monoisotopic (exact) mass is 474 g/mol. The smallest absolute Gasteiger partial charge is 0.325 e. The number of nitrogens with zero attached hydrogens (tertiary/aromatic N) is 1. The zero-order valence-electron chi connectivity index (χ0n) is 18.6. The van der Waals surface area contributed by atoms with E-state index in [1.54, 1.807) is 6.92 Å². The van der Waals surface area contributed by atoms with Gasteiger partial charge in [-0.2, -0.15) is 0 Å². The number of halogens is 1. The summed E-state index contributed by atoms with van der Waals surface area (Å²) in [5, 5.41) is 11.9. The first kappa shape index (κ1) is 26.0. The van der Waals surface area contributed by atoms with Gasteiger partial charge >= 0.3 is 6.03 Å². The van der Waals surface area contributed by atoms with Crippen LogP contribution in [-0.2, 0) is 19.4 Å². The van der Waals surface area contributed by atoms with Crippen molar-refractivity contribution in [3.63, 3.8) is 0 Å². The van der Waals surface area contributed by atoms with E-state index in [1.807, 2.05) is 0 Å². The molecule has 2 N–H and O–H groups in total. The number of rotatable bonds is 12. The Morgan fingerprint density at radius 2 is 2.03 bits per heavy atom. The van der Waals surface area contributed by atoms with Crippen LogP contribution in [0.1, 0.15) is 45.1 Å². The molecule has 1 aliphatic rings. The van der Waals surface area contributed by atoms with Crippen LogP contribution >= 0.6 is 0 Å². The molecular weight excluding hydrogens is 443 g/mol. The van der Waals surface area contributed by atoms with E-state index in [-0.39, 0.29) is 68.4 Å². The Labute approximate surface area is 187 Å². The lowest BCUT2D eigenvalue weighted by Crippen LogP contribution is -2.50. The van der Waals surface area contributed by atoms with E-state index in [4.69, 9.17) is 9.47 Å². The van der Waals surface area contributed by atoms with Crippen molar-refractivity contribution in [3.8, 4) is 5.75 Å². The Kier molecular flexibility index (Phi) is 8.99. The van der Waals surface area contributed by atoms with Crippen molar-refractivity contribution < 1.29 is 37.0 Å². The predicted molar refractivity (Wildman–Crippen MR) is 116 cm³/mol. The highest BCUT2D eigenvalue weighted by Crippen LogP contribution is 2.26. The van der Waals surface area contributed by atoms with Crippen LogP contribution < -0.4 is 10.1 Å². The third kappa shape index (κ3) is 8.71. The third-order valence-corrected chi connectivity index (χ3v) is 6.66. The van der Waals surface area contributed by atoms with Gasteiger partial charge in [-0.25, -0.2) is 17.6 Å². The number of ether oxygens (including phenoxy) is 2. The van der Waals surface area contributed by atoms with Crippen LogP contribution in [0, 0.1) is 5.82 Å². The quantitative estimate of drug-likeness (QED) is 0.443. The first-order chi connectivity index (χ1) is 14.9. The van der Waals surface area contributed by atoms with Gasteiger partial charge in [-0.1, -0.05) is 13.0 Å². The summed E-state index contributed by atoms with van der Waals surface area (Å²) in [4.78, 5) is 24.0. The van der Waals surface area contributed by atoms with Crippen LogP contribution in [-0.4, -0.2) is 74.0 Å². The molecule has 11 heteroatoms. The minimum atomic E-state index is -3.40. The molecule has 0 unspecified atom stereocenters. The van der Waals surface area contributed by atoms with E-state index in [0.29, 0.717) is 5.56 Å². The Bertz CT molecular complexity index is 915. The van der Waals surface area contributed by atoms with Gasteiger partial charge in [0.15, 0.2) is 21.4 Å². The van der Waals surface area contributed by atoms with Crippen molar-refractivity contribution in [2.45, 2.75) is 45.1 Å². The summed E-state index contributed by atoms with van der Waals surface area (Å²) in [5.74, 6) is -1.56. The Morgan fingerprint density at radius 3 is 2.69 bits per heavy atom. The molecule has 1 aliphatic heterocycles. The maximum atomic E-state index is 14.0. The molecule has 1 atom stereocenters. The summed E-state index contributed by atoms with van der Waals surface area (Å²) < 4.78 is 49.6. The van der Waals surface area contributed by atoms with Gasteiger partial charge in [-0.15, -0.1) is 0 Å². The van der Waals surface area contributed by atoms with Crippen LogP contribution in [0.4, 0.5) is 9.18 Å². The largest absolute Gasteiger partial charge is 0.488 e. The van der Waals surface area contributed by atoms with Crippen LogP contribution in [0.25, 0.3) is 0 Å². The first-order valence-corrected chi connectivity index (χ1v) is 12.2. The number of aliphatic hydroxyl groups is 1. The molecule has 0 aromatic heterocycles. The highest BCUT2D eigenvalue weighted by molar-refractivity contribution is 7.91. The maximum Gasteiger partial charge on any atom is 0.325 e. The fourth-order valence-corrected chi connectivity index (χ4v) is 4.71. The van der Waals surface area contributed by atoms with E-state index >= 15 is 0 Å². The molecule has 0 bridgehead atoms. The number of benzene rings is 1. The van der Waals surface area contributed by atoms with Crippen LogP contribution in [0.15, 0.2) is 18.2 Å². The highest BCUT2D eigenvalue weighted by Gasteiger charge is 2.23. The second-order valence-electron chi connectivity index (χ2n) is 8.56. The SMILES string of the molecule is C[C@@H](CS(=O)(=O)CCCOCN1CCC(=O)NC1=O)c1ccc(F)c(OCC(C)(C)O)c1. The second kappa shape index (κ2) is 11.1. The number of urea groups is 1. The Balaban J connectivity index is 1.80. The molecular formula is C21H31FN2O7S. The molecule has 0 radical (unpaired) electrons. The lowest BCUT2D eigenvalue weighted by molar-refractivity contribution is -0.122. The molecule has 0 saturated carbocycles. The number of imide groups is 1. The van der Waals surface area contributed by atoms with Gasteiger partial charge in [0.1, 0.15) is 13.3 Å². The minimum Gasteiger partial charge on any atom is -0.488 e. The summed E-state index contributed by atoms with van der Waals surface area (Å²) >= 11 is 0. The van der Waals surface area contributed by atoms with Gasteiger partial charge in [0, 0.05) is 19.6 Å². The molecule has 0 spiro atoms. The molecule has 2 rings (SSSR count). The third-order valence-electron chi connectivity index (χ3n) is 4.74. The van der Waals surface area contributed by atoms with Crippen molar-refractivity contribution in [1.29, 1.82) is 0 Å². The van der Waals surface area contributed by atoms with E-state index in [0.717, 1.165) is 0 Å². The second-order valence-corrected chi connectivity index (χ2v) is 10.8. The molecule has 1 fully saturated rings. The molecule has 9 nitrogen and oxygen atoms in total. The van der Waals surface area contributed by atoms with Crippen LogP contribution in [0.3, 0.4) is 0 Å². The minimum absolute atomic E-state index is 0.0153. The molecule has 3 amide bonds. The first-order valence-electron chi connectivity index (χ1n) is 10.4. The van der Waals surface area contributed by atoms with Crippen molar-refractivity contribution in [1.82, 2.24) is 10.2 Å². The van der Waals surface area contributed by atoms with Gasteiger partial charge in [0.05, 0.1) is 17.1 Å². The van der Waals surface area contributed by atoms with Crippen molar-refractivity contribution in [2.24, 2.45) is 0 Å². The molecule has 1 heterocycles. The normalized spacial score (nSPS) is 16.1. The van der Waals surface area contributed by atoms with Gasteiger partial charge < -0.3 is 19.5 Å². The van der Waals surface area contributed by atoms with E-state index in [1.165, 1.54) is 36.9 Å². The molecule has 0 aliphatic carbocycles. The maximum absolute atomic E-state index is 14.0. The zero-order valence-corrected chi connectivity index (χ0v) is 19.4. The summed E-state index contributed by atoms with van der Waals surface area (Å²) in [5.41, 5.74) is -0.517. The van der Waals surface area contributed by atoms with Crippen molar-refractivity contribution >= 4 is 21.8 Å². The van der Waals surface area contributed by atoms with Crippen LogP contribution in [0.5, 0.6) is 5.75 Å². The molecule has 1 aromatic carbocycles. The summed E-state index contributed by atoms with van der Waals surface area (Å²) in [6, 6.07) is 3.67. The van der Waals surface area contributed by atoms with Crippen LogP contribution in [0.2, 0.25) is 0 Å². The molecule has 180 valence electrons. The molecule has 1 saturated heterocycles. The number of carbonyl (C=O) groups excluding carboxylic acids is 2. The fraction of sp³-hybridized carbons (Fsp3) is 0.619. The topological polar surface area (TPSA) is 122 Å². The van der Waals surface area contributed by atoms with Crippen molar-refractivity contribution in [2.75, 3.05) is 38.0 Å². The van der Waals surface area contributed by atoms with Gasteiger partial charge in [0.2, 0.25) is 5.91 Å².